The molecule has 0 atom stereocenters. The molecule has 0 bridgehead atoms. The van der Waals surface area contributed by atoms with Crippen molar-refractivity contribution < 1.29 is 14.3 Å². The van der Waals surface area contributed by atoms with E-state index in [2.05, 4.69) is 26.6 Å². The van der Waals surface area contributed by atoms with E-state index in [-0.39, 0.29) is 12.7 Å². The van der Waals surface area contributed by atoms with Crippen LogP contribution < -0.4 is 20.1 Å². The lowest BCUT2D eigenvalue weighted by Crippen LogP contribution is -2.28. The number of amides is 1. The van der Waals surface area contributed by atoms with Crippen molar-refractivity contribution in [1.29, 1.82) is 0 Å². The van der Waals surface area contributed by atoms with E-state index in [1.165, 1.54) is 0 Å². The summed E-state index contributed by atoms with van der Waals surface area (Å²) in [4.78, 5) is 11.4. The maximum atomic E-state index is 11.4. The van der Waals surface area contributed by atoms with Gasteiger partial charge < -0.3 is 20.1 Å². The van der Waals surface area contributed by atoms with Gasteiger partial charge in [0.25, 0.3) is 0 Å². The molecule has 0 aliphatic carbocycles. The summed E-state index contributed by atoms with van der Waals surface area (Å²) in [6, 6.07) is 3.95. The average molecular weight is 343 g/mol. The van der Waals surface area contributed by atoms with Crippen LogP contribution >= 0.6 is 15.9 Å². The minimum Gasteiger partial charge on any atom is -0.454 e. The predicted octanol–water partition coefficient (Wildman–Crippen LogP) is 2.18. The van der Waals surface area contributed by atoms with Crippen molar-refractivity contribution in [3.05, 3.63) is 22.2 Å². The monoisotopic (exact) mass is 342 g/mol. The van der Waals surface area contributed by atoms with Crippen LogP contribution in [0.2, 0.25) is 0 Å². The van der Waals surface area contributed by atoms with Crippen LogP contribution in [0.25, 0.3) is 0 Å². The highest BCUT2D eigenvalue weighted by Gasteiger charge is 2.17. The Balaban J connectivity index is 1.75. The first-order chi connectivity index (χ1) is 9.70. The molecular formula is C14H19BrN2O3. The van der Waals surface area contributed by atoms with Crippen molar-refractivity contribution in [2.75, 3.05) is 19.9 Å². The van der Waals surface area contributed by atoms with E-state index in [9.17, 15) is 4.79 Å². The molecule has 0 saturated heterocycles. The third-order valence-electron chi connectivity index (χ3n) is 2.92. The van der Waals surface area contributed by atoms with Gasteiger partial charge in [0, 0.05) is 26.1 Å². The Labute approximate surface area is 127 Å². The molecule has 1 aliphatic heterocycles. The number of fused-ring (bicyclic) bond motifs is 1. The normalized spacial score (nSPS) is 12.5. The fourth-order valence-electron chi connectivity index (χ4n) is 1.91. The van der Waals surface area contributed by atoms with Gasteiger partial charge in [-0.25, -0.2) is 0 Å². The quantitative estimate of drug-likeness (QED) is 0.745. The second-order valence-electron chi connectivity index (χ2n) is 4.59. The Hall–Kier alpha value is -1.27. The Morgan fingerprint density at radius 1 is 1.35 bits per heavy atom. The standard InChI is InChI=1S/C14H19BrN2O3/c1-2-4-17-13(18)3-5-16-8-10-6-11(15)14-12(7-10)19-9-20-14/h6-7,16H,2-5,8-9H2,1H3,(H,17,18). The molecule has 2 rings (SSSR count). The van der Waals surface area contributed by atoms with Crippen LogP contribution in [-0.2, 0) is 11.3 Å². The minimum atomic E-state index is 0.0891. The number of carbonyl (C=O) groups excluding carboxylic acids is 1. The van der Waals surface area contributed by atoms with Crippen molar-refractivity contribution in [3.8, 4) is 11.5 Å². The van der Waals surface area contributed by atoms with Crippen molar-refractivity contribution in [2.24, 2.45) is 0 Å². The van der Waals surface area contributed by atoms with Gasteiger partial charge >= 0.3 is 0 Å². The van der Waals surface area contributed by atoms with Gasteiger partial charge in [0.2, 0.25) is 12.7 Å². The molecule has 1 aliphatic rings. The van der Waals surface area contributed by atoms with Crippen LogP contribution in [0.3, 0.4) is 0 Å². The number of ether oxygens (including phenoxy) is 2. The Bertz CT molecular complexity index is 480. The minimum absolute atomic E-state index is 0.0891. The number of hydrogen-bond donors (Lipinski definition) is 2. The van der Waals surface area contributed by atoms with Crippen molar-refractivity contribution >= 4 is 21.8 Å². The fourth-order valence-corrected chi connectivity index (χ4v) is 2.51. The van der Waals surface area contributed by atoms with E-state index < -0.39 is 0 Å². The van der Waals surface area contributed by atoms with Crippen molar-refractivity contribution in [1.82, 2.24) is 10.6 Å². The molecule has 1 amide bonds. The Kier molecular flexibility index (Phi) is 5.67. The maximum Gasteiger partial charge on any atom is 0.231 e. The molecule has 1 heterocycles. The van der Waals surface area contributed by atoms with E-state index in [1.807, 2.05) is 19.1 Å². The van der Waals surface area contributed by atoms with E-state index in [4.69, 9.17) is 9.47 Å². The summed E-state index contributed by atoms with van der Waals surface area (Å²) < 4.78 is 11.6. The van der Waals surface area contributed by atoms with E-state index in [1.54, 1.807) is 0 Å². The first kappa shape index (κ1) is 15.1. The second kappa shape index (κ2) is 7.50. The second-order valence-corrected chi connectivity index (χ2v) is 5.44. The highest BCUT2D eigenvalue weighted by atomic mass is 79.9. The average Bonchev–Trinajstić information content (AvgIpc) is 2.90. The number of rotatable bonds is 7. The zero-order chi connectivity index (χ0) is 14.4. The maximum absolute atomic E-state index is 11.4. The third kappa shape index (κ3) is 4.11. The van der Waals surface area contributed by atoms with Crippen LogP contribution in [0.4, 0.5) is 0 Å². The molecule has 0 aromatic heterocycles. The number of halogens is 1. The lowest BCUT2D eigenvalue weighted by molar-refractivity contribution is -0.120. The lowest BCUT2D eigenvalue weighted by Gasteiger charge is -2.07. The molecule has 1 aromatic rings. The number of benzene rings is 1. The van der Waals surface area contributed by atoms with Gasteiger partial charge in [-0.15, -0.1) is 0 Å². The molecule has 0 radical (unpaired) electrons. The third-order valence-corrected chi connectivity index (χ3v) is 3.51. The van der Waals surface area contributed by atoms with Crippen molar-refractivity contribution in [3.63, 3.8) is 0 Å². The van der Waals surface area contributed by atoms with E-state index in [0.717, 1.165) is 34.5 Å². The first-order valence-corrected chi connectivity index (χ1v) is 7.55. The molecule has 0 spiro atoms. The zero-order valence-electron chi connectivity index (χ0n) is 11.5. The molecule has 0 saturated carbocycles. The Morgan fingerprint density at radius 2 is 2.20 bits per heavy atom. The first-order valence-electron chi connectivity index (χ1n) is 6.76. The van der Waals surface area contributed by atoms with Gasteiger partial charge in [-0.3, -0.25) is 4.79 Å². The topological polar surface area (TPSA) is 59.6 Å². The summed E-state index contributed by atoms with van der Waals surface area (Å²) in [5.41, 5.74) is 1.09. The predicted molar refractivity (Wildman–Crippen MR) is 79.9 cm³/mol. The van der Waals surface area contributed by atoms with Gasteiger partial charge in [-0.1, -0.05) is 6.92 Å². The summed E-state index contributed by atoms with van der Waals surface area (Å²) in [5.74, 6) is 1.61. The summed E-state index contributed by atoms with van der Waals surface area (Å²) in [7, 11) is 0. The number of hydrogen-bond acceptors (Lipinski definition) is 4. The van der Waals surface area contributed by atoms with Crippen LogP contribution in [0.15, 0.2) is 16.6 Å². The lowest BCUT2D eigenvalue weighted by atomic mass is 10.2. The molecule has 0 fully saturated rings. The van der Waals surface area contributed by atoms with Crippen LogP contribution in [0.5, 0.6) is 11.5 Å². The highest BCUT2D eigenvalue weighted by Crippen LogP contribution is 2.39. The molecule has 5 nitrogen and oxygen atoms in total. The van der Waals surface area contributed by atoms with Crippen LogP contribution in [-0.4, -0.2) is 25.8 Å². The van der Waals surface area contributed by atoms with Gasteiger partial charge in [-0.05, 0) is 40.0 Å². The Morgan fingerprint density at radius 3 is 3.00 bits per heavy atom. The number of carbonyl (C=O) groups is 1. The smallest absolute Gasteiger partial charge is 0.231 e. The zero-order valence-corrected chi connectivity index (χ0v) is 13.1. The van der Waals surface area contributed by atoms with E-state index in [0.29, 0.717) is 19.5 Å². The number of nitrogens with one attached hydrogen (secondary N) is 2. The SMILES string of the molecule is CCCNC(=O)CCNCc1cc(Br)c2c(c1)OCO2. The van der Waals surface area contributed by atoms with Gasteiger partial charge in [0.1, 0.15) is 0 Å². The van der Waals surface area contributed by atoms with Crippen LogP contribution in [0.1, 0.15) is 25.3 Å². The molecule has 6 heteroatoms. The molecule has 0 unspecified atom stereocenters. The highest BCUT2D eigenvalue weighted by molar-refractivity contribution is 9.10. The summed E-state index contributed by atoms with van der Waals surface area (Å²) in [6.07, 6.45) is 1.45. The molecule has 2 N–H and O–H groups in total. The summed E-state index contributed by atoms with van der Waals surface area (Å²) in [6.45, 7) is 4.39. The van der Waals surface area contributed by atoms with Crippen LogP contribution in [0, 0.1) is 0 Å². The van der Waals surface area contributed by atoms with Gasteiger partial charge in [0.05, 0.1) is 4.47 Å². The molecule has 20 heavy (non-hydrogen) atoms. The molecular weight excluding hydrogens is 324 g/mol. The van der Waals surface area contributed by atoms with E-state index >= 15 is 0 Å². The fraction of sp³-hybridized carbons (Fsp3) is 0.500. The molecule has 1 aromatic carbocycles. The van der Waals surface area contributed by atoms with Gasteiger partial charge in [-0.2, -0.15) is 0 Å². The summed E-state index contributed by atoms with van der Waals surface area (Å²) >= 11 is 3.46. The largest absolute Gasteiger partial charge is 0.454 e. The molecule has 110 valence electrons. The van der Waals surface area contributed by atoms with Gasteiger partial charge in [0.15, 0.2) is 11.5 Å². The van der Waals surface area contributed by atoms with Crippen molar-refractivity contribution in [2.45, 2.75) is 26.3 Å². The summed E-state index contributed by atoms with van der Waals surface area (Å²) in [5, 5.41) is 6.10.